The number of nitro benzene ring substituents is 1. The minimum Gasteiger partial charge on any atom is -0.507 e. The summed E-state index contributed by atoms with van der Waals surface area (Å²) in [4.78, 5) is 26.2. The maximum absolute atomic E-state index is 11.9. The van der Waals surface area contributed by atoms with E-state index in [2.05, 4.69) is 4.99 Å². The first-order valence-corrected chi connectivity index (χ1v) is 9.04. The van der Waals surface area contributed by atoms with Crippen LogP contribution in [0.25, 0.3) is 0 Å². The molecule has 0 saturated heterocycles. The number of non-ortho nitro benzene ring substituents is 1. The molecule has 2 aromatic carbocycles. The van der Waals surface area contributed by atoms with Crippen LogP contribution < -0.4 is 0 Å². The van der Waals surface area contributed by atoms with Crippen molar-refractivity contribution < 1.29 is 23.2 Å². The van der Waals surface area contributed by atoms with Crippen LogP contribution in [0.2, 0.25) is 0 Å². The number of Topliss-reactive ketones (excluding diaryl/α,β-unsaturated/α-hetero) is 1. The maximum atomic E-state index is 11.9. The first-order valence-electron chi connectivity index (χ1n) is 6.98. The number of aromatic hydroxyl groups is 1. The van der Waals surface area contributed by atoms with Gasteiger partial charge in [-0.3, -0.25) is 19.9 Å². The number of hydrogen-bond donors (Lipinski definition) is 1. The predicted molar refractivity (Wildman–Crippen MR) is 92.5 cm³/mol. The second-order valence-corrected chi connectivity index (χ2v) is 7.44. The quantitative estimate of drug-likeness (QED) is 0.363. The van der Waals surface area contributed by atoms with Crippen molar-refractivity contribution in [2.24, 2.45) is 4.99 Å². The maximum Gasteiger partial charge on any atom is 0.270 e. The number of nitro groups is 1. The molecule has 0 atom stereocenters. The third kappa shape index (κ3) is 5.21. The molecule has 2 aromatic rings. The monoisotopic (exact) mass is 362 g/mol. The van der Waals surface area contributed by atoms with E-state index in [0.717, 1.165) is 18.4 Å². The normalized spacial score (nSPS) is 11.6. The fourth-order valence-electron chi connectivity index (χ4n) is 1.98. The Balaban J connectivity index is 2.28. The average Bonchev–Trinajstić information content (AvgIpc) is 2.52. The van der Waals surface area contributed by atoms with Crippen molar-refractivity contribution in [1.82, 2.24) is 0 Å². The van der Waals surface area contributed by atoms with Gasteiger partial charge in [0.2, 0.25) is 0 Å². The molecule has 0 bridgehead atoms. The van der Waals surface area contributed by atoms with Crippen molar-refractivity contribution in [3.8, 4) is 5.75 Å². The van der Waals surface area contributed by atoms with Gasteiger partial charge in [0.25, 0.3) is 5.69 Å². The molecule has 0 spiro atoms. The van der Waals surface area contributed by atoms with Crippen molar-refractivity contribution in [3.63, 3.8) is 0 Å². The molecule has 1 N–H and O–H groups in total. The number of carbonyl (C=O) groups is 1. The summed E-state index contributed by atoms with van der Waals surface area (Å²) >= 11 is 0. The molecule has 0 amide bonds. The van der Waals surface area contributed by atoms with E-state index in [1.165, 1.54) is 30.5 Å². The van der Waals surface area contributed by atoms with Crippen LogP contribution >= 0.6 is 0 Å². The molecular weight excluding hydrogens is 348 g/mol. The number of aliphatic imine (C=N–C) groups is 1. The lowest BCUT2D eigenvalue weighted by atomic mass is 10.1. The molecule has 25 heavy (non-hydrogen) atoms. The molecule has 0 fully saturated rings. The Morgan fingerprint density at radius 1 is 1.28 bits per heavy atom. The number of phenolic OH excluding ortho intramolecular Hbond substituents is 1. The summed E-state index contributed by atoms with van der Waals surface area (Å²) in [6.07, 6.45) is 2.19. The lowest BCUT2D eigenvalue weighted by Gasteiger charge is -2.02. The third-order valence-corrected chi connectivity index (χ3v) is 3.92. The minimum atomic E-state index is -3.44. The second-order valence-electron chi connectivity index (χ2n) is 5.30. The zero-order valence-electron chi connectivity index (χ0n) is 13.1. The SMILES string of the molecule is CS(=O)(=O)CC(=O)c1cccc(N=Cc2cc([N+](=O)[O-])ccc2O)c1. The number of ketones is 1. The fraction of sp³-hybridized carbons (Fsp3) is 0.125. The zero-order valence-corrected chi connectivity index (χ0v) is 13.9. The summed E-state index contributed by atoms with van der Waals surface area (Å²) in [7, 11) is -3.44. The summed E-state index contributed by atoms with van der Waals surface area (Å²) < 4.78 is 22.4. The topological polar surface area (TPSA) is 127 Å². The van der Waals surface area contributed by atoms with E-state index in [9.17, 15) is 28.4 Å². The lowest BCUT2D eigenvalue weighted by molar-refractivity contribution is -0.384. The smallest absolute Gasteiger partial charge is 0.270 e. The summed E-state index contributed by atoms with van der Waals surface area (Å²) in [6, 6.07) is 9.49. The minimum absolute atomic E-state index is 0.141. The van der Waals surface area contributed by atoms with Crippen molar-refractivity contribution in [2.75, 3.05) is 12.0 Å². The van der Waals surface area contributed by atoms with E-state index in [1.54, 1.807) is 6.07 Å². The molecule has 8 nitrogen and oxygen atoms in total. The predicted octanol–water partition coefficient (Wildman–Crippen LogP) is 2.28. The van der Waals surface area contributed by atoms with Gasteiger partial charge in [0, 0.05) is 35.7 Å². The number of nitrogens with zero attached hydrogens (tertiary/aromatic N) is 2. The number of benzene rings is 2. The molecule has 0 aromatic heterocycles. The number of rotatable bonds is 6. The Morgan fingerprint density at radius 2 is 2.00 bits per heavy atom. The number of phenols is 1. The van der Waals surface area contributed by atoms with Crippen LogP contribution in [0, 0.1) is 10.1 Å². The zero-order chi connectivity index (χ0) is 18.6. The van der Waals surface area contributed by atoms with Crippen molar-refractivity contribution >= 4 is 33.2 Å². The molecule has 0 aliphatic heterocycles. The van der Waals surface area contributed by atoms with E-state index >= 15 is 0 Å². The summed E-state index contributed by atoms with van der Waals surface area (Å²) in [6.45, 7) is 0. The number of hydrogen-bond acceptors (Lipinski definition) is 7. The highest BCUT2D eigenvalue weighted by atomic mass is 32.2. The molecule has 0 saturated carbocycles. The highest BCUT2D eigenvalue weighted by Gasteiger charge is 2.13. The highest BCUT2D eigenvalue weighted by Crippen LogP contribution is 2.22. The molecule has 0 aliphatic carbocycles. The summed E-state index contributed by atoms with van der Waals surface area (Å²) in [5.41, 5.74) is 0.465. The highest BCUT2D eigenvalue weighted by molar-refractivity contribution is 7.91. The number of sulfone groups is 1. The van der Waals surface area contributed by atoms with Crippen LogP contribution in [0.5, 0.6) is 5.75 Å². The van der Waals surface area contributed by atoms with Crippen molar-refractivity contribution in [2.45, 2.75) is 0 Å². The third-order valence-electron chi connectivity index (χ3n) is 3.14. The summed E-state index contributed by atoms with van der Waals surface area (Å²) in [5.74, 6) is -1.34. The molecule has 0 heterocycles. The van der Waals surface area contributed by atoms with Crippen LogP contribution in [0.1, 0.15) is 15.9 Å². The Labute approximate surface area is 143 Å². The molecule has 0 radical (unpaired) electrons. The molecule has 0 aliphatic rings. The molecule has 0 unspecified atom stereocenters. The van der Waals surface area contributed by atoms with Gasteiger partial charge in [0.1, 0.15) is 11.5 Å². The van der Waals surface area contributed by atoms with Crippen molar-refractivity contribution in [1.29, 1.82) is 0 Å². The second kappa shape index (κ2) is 7.22. The van der Waals surface area contributed by atoms with Gasteiger partial charge in [-0.05, 0) is 18.2 Å². The van der Waals surface area contributed by atoms with E-state index in [0.29, 0.717) is 5.69 Å². The van der Waals surface area contributed by atoms with Crippen LogP contribution in [0.3, 0.4) is 0 Å². The van der Waals surface area contributed by atoms with E-state index < -0.39 is 26.3 Å². The van der Waals surface area contributed by atoms with Gasteiger partial charge in [-0.1, -0.05) is 12.1 Å². The van der Waals surface area contributed by atoms with Gasteiger partial charge in [-0.15, -0.1) is 0 Å². The Hall–Kier alpha value is -3.07. The standard InChI is InChI=1S/C16H14N2O6S/c1-25(23,24)10-16(20)11-3-2-4-13(7-11)17-9-12-8-14(18(21)22)5-6-15(12)19/h2-9,19H,10H2,1H3. The van der Waals surface area contributed by atoms with E-state index in [-0.39, 0.29) is 22.6 Å². The molecule has 9 heteroatoms. The lowest BCUT2D eigenvalue weighted by Crippen LogP contribution is -2.14. The van der Waals surface area contributed by atoms with Crippen LogP contribution in [-0.4, -0.2) is 42.5 Å². The van der Waals surface area contributed by atoms with Gasteiger partial charge in [-0.25, -0.2) is 8.42 Å². The Morgan fingerprint density at radius 3 is 2.64 bits per heavy atom. The molecule has 2 rings (SSSR count). The van der Waals surface area contributed by atoms with Crippen LogP contribution in [0.15, 0.2) is 47.5 Å². The Kier molecular flexibility index (Phi) is 5.28. The van der Waals surface area contributed by atoms with E-state index in [4.69, 9.17) is 0 Å². The summed E-state index contributed by atoms with van der Waals surface area (Å²) in [5, 5.41) is 20.5. The van der Waals surface area contributed by atoms with Gasteiger partial charge >= 0.3 is 0 Å². The van der Waals surface area contributed by atoms with Crippen molar-refractivity contribution in [3.05, 3.63) is 63.7 Å². The first-order chi connectivity index (χ1) is 11.7. The number of carbonyl (C=O) groups excluding carboxylic acids is 1. The molecular formula is C16H14N2O6S. The largest absolute Gasteiger partial charge is 0.507 e. The molecule has 130 valence electrons. The fourth-order valence-corrected chi connectivity index (χ4v) is 2.63. The van der Waals surface area contributed by atoms with Gasteiger partial charge in [-0.2, -0.15) is 0 Å². The average molecular weight is 362 g/mol. The van der Waals surface area contributed by atoms with Gasteiger partial charge < -0.3 is 5.11 Å². The van der Waals surface area contributed by atoms with Crippen LogP contribution in [-0.2, 0) is 9.84 Å². The van der Waals surface area contributed by atoms with Gasteiger partial charge in [0.15, 0.2) is 15.6 Å². The van der Waals surface area contributed by atoms with Gasteiger partial charge in [0.05, 0.1) is 10.6 Å². The van der Waals surface area contributed by atoms with E-state index in [1.807, 2.05) is 0 Å². The van der Waals surface area contributed by atoms with Crippen LogP contribution in [0.4, 0.5) is 11.4 Å². The first kappa shape index (κ1) is 18.3. The Bertz CT molecular complexity index is 966.